The molecule has 0 spiro atoms. The second-order valence-electron chi connectivity index (χ2n) is 4.01. The van der Waals surface area contributed by atoms with Crippen LogP contribution < -0.4 is 10.2 Å². The van der Waals surface area contributed by atoms with Gasteiger partial charge in [0.05, 0.1) is 29.6 Å². The molecule has 0 fully saturated rings. The minimum Gasteiger partial charge on any atom is -0.504 e. The zero-order valence-electron chi connectivity index (χ0n) is 10.9. The lowest BCUT2D eigenvalue weighted by atomic mass is 10.2. The molecule has 2 rings (SSSR count). The highest BCUT2D eigenvalue weighted by molar-refractivity contribution is 9.10. The fourth-order valence-corrected chi connectivity index (χ4v) is 2.47. The lowest BCUT2D eigenvalue weighted by Gasteiger charge is -2.08. The van der Waals surface area contributed by atoms with E-state index < -0.39 is 0 Å². The van der Waals surface area contributed by atoms with Crippen molar-refractivity contribution in [2.24, 2.45) is 5.10 Å². The number of hydrogen-bond acceptors (Lipinski definition) is 4. The van der Waals surface area contributed by atoms with Crippen molar-refractivity contribution in [2.45, 2.75) is 0 Å². The van der Waals surface area contributed by atoms with Gasteiger partial charge in [-0.2, -0.15) is 5.10 Å². The van der Waals surface area contributed by atoms with E-state index in [4.69, 9.17) is 27.9 Å². The number of phenolic OH excluding ortho intramolecular Hbond substituents is 1. The molecule has 7 heteroatoms. The number of anilines is 1. The summed E-state index contributed by atoms with van der Waals surface area (Å²) < 4.78 is 5.74. The molecule has 2 aromatic carbocycles. The number of hydrazone groups is 1. The van der Waals surface area contributed by atoms with Crippen LogP contribution >= 0.6 is 39.1 Å². The van der Waals surface area contributed by atoms with Crippen molar-refractivity contribution in [3.63, 3.8) is 0 Å². The monoisotopic (exact) mass is 388 g/mol. The van der Waals surface area contributed by atoms with Gasteiger partial charge in [0, 0.05) is 9.50 Å². The minimum atomic E-state index is -0.000344. The Bertz CT molecular complexity index is 693. The van der Waals surface area contributed by atoms with Gasteiger partial charge in [-0.15, -0.1) is 0 Å². The summed E-state index contributed by atoms with van der Waals surface area (Å²) in [7, 11) is 1.48. The Morgan fingerprint density at radius 1 is 1.29 bits per heavy atom. The first-order valence-corrected chi connectivity index (χ1v) is 7.37. The Balaban J connectivity index is 2.22. The van der Waals surface area contributed by atoms with E-state index in [2.05, 4.69) is 26.5 Å². The number of benzene rings is 2. The van der Waals surface area contributed by atoms with E-state index in [1.54, 1.807) is 30.3 Å². The lowest BCUT2D eigenvalue weighted by Crippen LogP contribution is -1.94. The molecule has 0 saturated carbocycles. The molecule has 0 aliphatic carbocycles. The average molecular weight is 390 g/mol. The van der Waals surface area contributed by atoms with Crippen LogP contribution in [0.5, 0.6) is 11.5 Å². The first-order chi connectivity index (χ1) is 10.0. The van der Waals surface area contributed by atoms with Crippen LogP contribution in [-0.4, -0.2) is 18.4 Å². The van der Waals surface area contributed by atoms with Crippen molar-refractivity contribution in [1.29, 1.82) is 0 Å². The number of phenols is 1. The van der Waals surface area contributed by atoms with Gasteiger partial charge in [0.2, 0.25) is 0 Å². The first kappa shape index (κ1) is 15.9. The van der Waals surface area contributed by atoms with E-state index in [-0.39, 0.29) is 5.75 Å². The van der Waals surface area contributed by atoms with Gasteiger partial charge in [-0.25, -0.2) is 0 Å². The third kappa shape index (κ3) is 3.81. The van der Waals surface area contributed by atoms with E-state index >= 15 is 0 Å². The Morgan fingerprint density at radius 3 is 2.71 bits per heavy atom. The smallest absolute Gasteiger partial charge is 0.167 e. The fraction of sp³-hybridized carbons (Fsp3) is 0.0714. The number of halogens is 3. The first-order valence-electron chi connectivity index (χ1n) is 5.82. The number of ether oxygens (including phenoxy) is 1. The maximum atomic E-state index is 10.0. The van der Waals surface area contributed by atoms with Crippen LogP contribution in [0.4, 0.5) is 5.69 Å². The third-order valence-electron chi connectivity index (χ3n) is 2.66. The highest BCUT2D eigenvalue weighted by Gasteiger charge is 2.10. The van der Waals surface area contributed by atoms with Crippen molar-refractivity contribution >= 4 is 51.0 Å². The van der Waals surface area contributed by atoms with Gasteiger partial charge >= 0.3 is 0 Å². The van der Waals surface area contributed by atoms with E-state index in [1.807, 2.05) is 0 Å². The molecule has 0 aromatic heterocycles. The number of methoxy groups -OCH3 is 1. The standard InChI is InChI=1S/C14H11BrCl2N2O2/c1-21-13-5-3-10(15)9(14(13)20)7-18-19-12-4-2-8(16)6-11(12)17/h2-7,19-20H,1H3/b18-7-. The van der Waals surface area contributed by atoms with Crippen LogP contribution in [0.2, 0.25) is 10.0 Å². The van der Waals surface area contributed by atoms with E-state index in [0.717, 1.165) is 0 Å². The molecule has 0 saturated heterocycles. The minimum absolute atomic E-state index is 0.000344. The van der Waals surface area contributed by atoms with Gasteiger partial charge < -0.3 is 9.84 Å². The molecule has 21 heavy (non-hydrogen) atoms. The molecule has 0 heterocycles. The number of rotatable bonds is 4. The van der Waals surface area contributed by atoms with E-state index in [1.165, 1.54) is 13.3 Å². The highest BCUT2D eigenvalue weighted by Crippen LogP contribution is 2.33. The summed E-state index contributed by atoms with van der Waals surface area (Å²) in [6, 6.07) is 8.43. The molecular formula is C14H11BrCl2N2O2. The number of nitrogens with zero attached hydrogens (tertiary/aromatic N) is 1. The van der Waals surface area contributed by atoms with E-state index in [0.29, 0.717) is 31.5 Å². The molecule has 4 nitrogen and oxygen atoms in total. The summed E-state index contributed by atoms with van der Waals surface area (Å²) in [4.78, 5) is 0. The van der Waals surface area contributed by atoms with Gasteiger partial charge in [0.15, 0.2) is 11.5 Å². The molecule has 2 aromatic rings. The number of hydrogen-bond donors (Lipinski definition) is 2. The normalized spacial score (nSPS) is 10.9. The van der Waals surface area contributed by atoms with Gasteiger partial charge in [-0.05, 0) is 46.3 Å². The van der Waals surface area contributed by atoms with Crippen LogP contribution in [0.15, 0.2) is 39.9 Å². The van der Waals surface area contributed by atoms with Crippen LogP contribution in [0.25, 0.3) is 0 Å². The molecule has 110 valence electrons. The van der Waals surface area contributed by atoms with Crippen molar-refractivity contribution in [3.8, 4) is 11.5 Å². The van der Waals surface area contributed by atoms with Crippen molar-refractivity contribution in [2.75, 3.05) is 12.5 Å². The zero-order valence-corrected chi connectivity index (χ0v) is 14.0. The SMILES string of the molecule is COc1ccc(Br)c(/C=N\Nc2ccc(Cl)cc2Cl)c1O. The van der Waals surface area contributed by atoms with Crippen LogP contribution in [0.1, 0.15) is 5.56 Å². The molecule has 2 N–H and O–H groups in total. The van der Waals surface area contributed by atoms with Crippen molar-refractivity contribution in [3.05, 3.63) is 50.4 Å². The van der Waals surface area contributed by atoms with Crippen LogP contribution in [0, 0.1) is 0 Å². The van der Waals surface area contributed by atoms with Gasteiger partial charge in [0.25, 0.3) is 0 Å². The van der Waals surface area contributed by atoms with Crippen LogP contribution in [0.3, 0.4) is 0 Å². The van der Waals surface area contributed by atoms with E-state index in [9.17, 15) is 5.11 Å². The largest absolute Gasteiger partial charge is 0.504 e. The van der Waals surface area contributed by atoms with Crippen molar-refractivity contribution in [1.82, 2.24) is 0 Å². The summed E-state index contributed by atoms with van der Waals surface area (Å²) in [5.41, 5.74) is 3.89. The Labute approximate surface area is 140 Å². The number of nitrogens with one attached hydrogen (secondary N) is 1. The fourth-order valence-electron chi connectivity index (χ4n) is 1.60. The Morgan fingerprint density at radius 2 is 2.05 bits per heavy atom. The average Bonchev–Trinajstić information content (AvgIpc) is 2.44. The van der Waals surface area contributed by atoms with Crippen LogP contribution in [-0.2, 0) is 0 Å². The lowest BCUT2D eigenvalue weighted by molar-refractivity contribution is 0.373. The molecule has 0 unspecified atom stereocenters. The third-order valence-corrected chi connectivity index (χ3v) is 3.90. The van der Waals surface area contributed by atoms with Gasteiger partial charge in [-0.3, -0.25) is 5.43 Å². The molecule has 0 aliphatic rings. The molecule has 0 bridgehead atoms. The molecule has 0 atom stereocenters. The van der Waals surface area contributed by atoms with Gasteiger partial charge in [0.1, 0.15) is 0 Å². The van der Waals surface area contributed by atoms with Crippen molar-refractivity contribution < 1.29 is 9.84 Å². The molecule has 0 radical (unpaired) electrons. The zero-order chi connectivity index (χ0) is 15.4. The predicted molar refractivity (Wildman–Crippen MR) is 90.0 cm³/mol. The topological polar surface area (TPSA) is 53.8 Å². The quantitative estimate of drug-likeness (QED) is 0.576. The second kappa shape index (κ2) is 7.02. The number of aromatic hydroxyl groups is 1. The maximum Gasteiger partial charge on any atom is 0.167 e. The summed E-state index contributed by atoms with van der Waals surface area (Å²) in [5, 5.41) is 15.1. The Kier molecular flexibility index (Phi) is 5.33. The molecule has 0 amide bonds. The summed E-state index contributed by atoms with van der Waals surface area (Å²) >= 11 is 15.2. The highest BCUT2D eigenvalue weighted by atomic mass is 79.9. The van der Waals surface area contributed by atoms with Gasteiger partial charge in [-0.1, -0.05) is 23.2 Å². The second-order valence-corrected chi connectivity index (χ2v) is 5.70. The summed E-state index contributed by atoms with van der Waals surface area (Å²) in [6.45, 7) is 0. The summed E-state index contributed by atoms with van der Waals surface area (Å²) in [5.74, 6) is 0.365. The summed E-state index contributed by atoms with van der Waals surface area (Å²) in [6.07, 6.45) is 1.47. The Hall–Kier alpha value is -1.43. The predicted octanol–water partition coefficient (Wildman–Crippen LogP) is 4.92. The molecule has 0 aliphatic heterocycles. The molecular weight excluding hydrogens is 379 g/mol. The maximum absolute atomic E-state index is 10.0.